The van der Waals surface area contributed by atoms with Gasteiger partial charge in [0.15, 0.2) is 0 Å². The molecule has 6 aliphatic rings. The lowest BCUT2D eigenvalue weighted by Gasteiger charge is -2.44. The quantitative estimate of drug-likeness (QED) is 0.572. The van der Waals surface area contributed by atoms with E-state index in [1.807, 2.05) is 0 Å². The molecule has 3 saturated carbocycles. The van der Waals surface area contributed by atoms with E-state index in [1.165, 1.54) is 12.7 Å². The van der Waals surface area contributed by atoms with Crippen LogP contribution in [-0.4, -0.2) is 33.0 Å². The van der Waals surface area contributed by atoms with E-state index in [9.17, 15) is 8.42 Å². The predicted molar refractivity (Wildman–Crippen MR) is 83.8 cm³/mol. The zero-order chi connectivity index (χ0) is 15.7. The molecular weight excluding hydrogens is 312 g/mol. The van der Waals surface area contributed by atoms with E-state index in [-0.39, 0.29) is 6.10 Å². The first-order valence-corrected chi connectivity index (χ1v) is 11.0. The molecule has 5 fully saturated rings. The van der Waals surface area contributed by atoms with Crippen molar-refractivity contribution < 1.29 is 17.3 Å². The molecule has 4 nitrogen and oxygen atoms in total. The molecule has 0 aromatic heterocycles. The highest BCUT2D eigenvalue weighted by Crippen LogP contribution is 2.71. The zero-order valence-corrected chi connectivity index (χ0v) is 14.4. The summed E-state index contributed by atoms with van der Waals surface area (Å²) >= 11 is 0. The summed E-state index contributed by atoms with van der Waals surface area (Å²) in [7, 11) is -3.38. The number of fused-ring (bicyclic) bond motifs is 16. The molecule has 0 amide bonds. The molecule has 0 spiro atoms. The summed E-state index contributed by atoms with van der Waals surface area (Å²) in [5.41, 5.74) is 0. The lowest BCUT2D eigenvalue weighted by molar-refractivity contribution is 0.00218. The van der Waals surface area contributed by atoms with Crippen LogP contribution in [0.3, 0.4) is 0 Å². The summed E-state index contributed by atoms with van der Waals surface area (Å²) in [6.07, 6.45) is 9.22. The first-order chi connectivity index (χ1) is 10.9. The number of rotatable bonds is 2. The second-order valence-electron chi connectivity index (χ2n) is 9.01. The Hall–Kier alpha value is -0.390. The Morgan fingerprint density at radius 1 is 0.957 bits per heavy atom. The molecule has 12 atom stereocenters. The SMILES string of the molecule is CC1C2CC(C1OS(C)(=O)=O)C1C3OC(C4C5C=CC(C5)C34)C21. The van der Waals surface area contributed by atoms with Gasteiger partial charge in [-0.25, -0.2) is 0 Å². The third-order valence-corrected chi connectivity index (χ3v) is 8.87. The Morgan fingerprint density at radius 2 is 1.57 bits per heavy atom. The Labute approximate surface area is 137 Å². The van der Waals surface area contributed by atoms with Crippen molar-refractivity contribution in [2.45, 2.75) is 38.1 Å². The molecule has 6 bridgehead atoms. The largest absolute Gasteiger partial charge is 0.374 e. The summed E-state index contributed by atoms with van der Waals surface area (Å²) in [5, 5.41) is 0. The van der Waals surface area contributed by atoms with E-state index < -0.39 is 10.1 Å². The highest BCUT2D eigenvalue weighted by molar-refractivity contribution is 7.86. The highest BCUT2D eigenvalue weighted by atomic mass is 32.2. The van der Waals surface area contributed by atoms with Crippen LogP contribution in [0, 0.1) is 53.3 Å². The van der Waals surface area contributed by atoms with E-state index >= 15 is 0 Å². The molecular formula is C18H24O4S. The molecule has 5 heteroatoms. The molecule has 4 aliphatic carbocycles. The van der Waals surface area contributed by atoms with Crippen LogP contribution >= 0.6 is 0 Å². The number of hydrogen-bond donors (Lipinski definition) is 0. The highest BCUT2D eigenvalue weighted by Gasteiger charge is 2.74. The first kappa shape index (κ1) is 13.9. The summed E-state index contributed by atoms with van der Waals surface area (Å²) in [5.74, 6) is 5.43. The van der Waals surface area contributed by atoms with Crippen molar-refractivity contribution in [1.29, 1.82) is 0 Å². The van der Waals surface area contributed by atoms with Crippen LogP contribution in [0.25, 0.3) is 0 Å². The smallest absolute Gasteiger partial charge is 0.264 e. The van der Waals surface area contributed by atoms with Crippen molar-refractivity contribution in [1.82, 2.24) is 0 Å². The van der Waals surface area contributed by atoms with Gasteiger partial charge in [0.25, 0.3) is 10.1 Å². The maximum atomic E-state index is 11.7. The number of hydrogen-bond acceptors (Lipinski definition) is 4. The van der Waals surface area contributed by atoms with Gasteiger partial charge in [-0.15, -0.1) is 0 Å². The van der Waals surface area contributed by atoms with E-state index in [4.69, 9.17) is 8.92 Å². The number of allylic oxidation sites excluding steroid dienone is 2. The first-order valence-electron chi connectivity index (χ1n) is 9.16. The Bertz CT molecular complexity index is 700. The molecule has 0 radical (unpaired) electrons. The average molecular weight is 336 g/mol. The van der Waals surface area contributed by atoms with Gasteiger partial charge in [-0.3, -0.25) is 4.18 Å². The molecule has 126 valence electrons. The normalized spacial score (nSPS) is 63.9. The van der Waals surface area contributed by atoms with Gasteiger partial charge in [-0.1, -0.05) is 19.1 Å². The third kappa shape index (κ3) is 1.53. The fourth-order valence-corrected chi connectivity index (χ4v) is 8.64. The minimum atomic E-state index is -3.38. The van der Waals surface area contributed by atoms with Crippen molar-refractivity contribution in [2.75, 3.05) is 6.26 Å². The van der Waals surface area contributed by atoms with Crippen LogP contribution < -0.4 is 0 Å². The topological polar surface area (TPSA) is 52.6 Å². The minimum absolute atomic E-state index is 0.119. The Kier molecular flexibility index (Phi) is 2.44. The van der Waals surface area contributed by atoms with Crippen LogP contribution in [0.4, 0.5) is 0 Å². The molecule has 2 aliphatic heterocycles. The predicted octanol–water partition coefficient (Wildman–Crippen LogP) is 2.07. The van der Waals surface area contributed by atoms with Gasteiger partial charge in [0.1, 0.15) is 0 Å². The Morgan fingerprint density at radius 3 is 2.17 bits per heavy atom. The summed E-state index contributed by atoms with van der Waals surface area (Å²) < 4.78 is 35.5. The Balaban J connectivity index is 1.36. The monoisotopic (exact) mass is 336 g/mol. The van der Waals surface area contributed by atoms with Gasteiger partial charge in [0, 0.05) is 0 Å². The zero-order valence-electron chi connectivity index (χ0n) is 13.5. The standard InChI is InChI=1S/C18H24O4S/c1-7-10-6-11(16(7)22-23(2,19)20)15-14(10)17-12-8-3-4-9(5-8)13(12)18(15)21-17/h3-4,7-18H,5-6H2,1-2H3. The van der Waals surface area contributed by atoms with Gasteiger partial charge >= 0.3 is 0 Å². The van der Waals surface area contributed by atoms with Gasteiger partial charge in [-0.05, 0) is 66.1 Å². The second kappa shape index (κ2) is 4.05. The molecule has 2 saturated heterocycles. The van der Waals surface area contributed by atoms with Gasteiger partial charge in [0.05, 0.1) is 24.6 Å². The lowest BCUT2D eigenvalue weighted by atomic mass is 9.59. The maximum Gasteiger partial charge on any atom is 0.264 e. The number of ether oxygens (including phenoxy) is 1. The summed E-state index contributed by atoms with van der Waals surface area (Å²) in [6, 6.07) is 0. The van der Waals surface area contributed by atoms with E-state index in [1.54, 1.807) is 0 Å². The third-order valence-electron chi connectivity index (χ3n) is 8.29. The lowest BCUT2D eigenvalue weighted by Crippen LogP contribution is -2.49. The molecule has 12 unspecified atom stereocenters. The van der Waals surface area contributed by atoms with Crippen LogP contribution in [0.15, 0.2) is 12.2 Å². The van der Waals surface area contributed by atoms with E-state index in [0.717, 1.165) is 18.3 Å². The van der Waals surface area contributed by atoms with E-state index in [2.05, 4.69) is 19.1 Å². The van der Waals surface area contributed by atoms with Crippen LogP contribution in [0.2, 0.25) is 0 Å². The molecule has 0 aromatic carbocycles. The minimum Gasteiger partial charge on any atom is -0.374 e. The van der Waals surface area contributed by atoms with E-state index in [0.29, 0.717) is 53.6 Å². The molecule has 23 heavy (non-hydrogen) atoms. The van der Waals surface area contributed by atoms with Crippen LogP contribution in [0.5, 0.6) is 0 Å². The van der Waals surface area contributed by atoms with Gasteiger partial charge in [0.2, 0.25) is 0 Å². The van der Waals surface area contributed by atoms with Crippen molar-refractivity contribution in [3.8, 4) is 0 Å². The maximum absolute atomic E-state index is 11.7. The summed E-state index contributed by atoms with van der Waals surface area (Å²) in [6.45, 7) is 2.20. The van der Waals surface area contributed by atoms with Crippen molar-refractivity contribution in [3.63, 3.8) is 0 Å². The van der Waals surface area contributed by atoms with Crippen molar-refractivity contribution in [3.05, 3.63) is 12.2 Å². The molecule has 2 heterocycles. The fraction of sp³-hybridized carbons (Fsp3) is 0.889. The van der Waals surface area contributed by atoms with Crippen LogP contribution in [-0.2, 0) is 19.0 Å². The van der Waals surface area contributed by atoms with Crippen LogP contribution in [0.1, 0.15) is 19.8 Å². The second-order valence-corrected chi connectivity index (χ2v) is 10.6. The fourth-order valence-electron chi connectivity index (χ4n) is 7.92. The van der Waals surface area contributed by atoms with Gasteiger partial charge < -0.3 is 4.74 Å². The average Bonchev–Trinajstić information content (AvgIpc) is 3.24. The van der Waals surface area contributed by atoms with Crippen molar-refractivity contribution in [2.24, 2.45) is 53.3 Å². The molecule has 6 rings (SSSR count). The summed E-state index contributed by atoms with van der Waals surface area (Å²) in [4.78, 5) is 0. The van der Waals surface area contributed by atoms with Crippen molar-refractivity contribution >= 4 is 10.1 Å². The molecule has 0 aromatic rings. The van der Waals surface area contributed by atoms with Gasteiger partial charge in [-0.2, -0.15) is 8.42 Å². The molecule has 0 N–H and O–H groups in total.